The highest BCUT2D eigenvalue weighted by Crippen LogP contribution is 2.46. The average Bonchev–Trinajstić information content (AvgIpc) is 3.91. The third-order valence-corrected chi connectivity index (χ3v) is 15.7. The van der Waals surface area contributed by atoms with E-state index in [9.17, 15) is 27.3 Å². The lowest BCUT2D eigenvalue weighted by Gasteiger charge is -2.33. The van der Waals surface area contributed by atoms with Crippen molar-refractivity contribution in [3.05, 3.63) is 117 Å². The zero-order valence-corrected chi connectivity index (χ0v) is 35.2. The van der Waals surface area contributed by atoms with Crippen molar-refractivity contribution < 1.29 is 27.3 Å². The Kier molecular flexibility index (Phi) is 10.3. The Morgan fingerprint density at radius 2 is 1.71 bits per heavy atom. The van der Waals surface area contributed by atoms with Crippen molar-refractivity contribution in [1.82, 2.24) is 28.4 Å². The predicted octanol–water partition coefficient (Wildman–Crippen LogP) is 8.03. The summed E-state index contributed by atoms with van der Waals surface area (Å²) in [7, 11) is 0.918. The van der Waals surface area contributed by atoms with Gasteiger partial charge in [0, 0.05) is 85.8 Å². The van der Waals surface area contributed by atoms with Gasteiger partial charge in [-0.25, -0.2) is 22.6 Å². The Hall–Kier alpha value is -5.33. The van der Waals surface area contributed by atoms with Gasteiger partial charge in [0.05, 0.1) is 29.0 Å². The highest BCUT2D eigenvalue weighted by Gasteiger charge is 2.43. The summed E-state index contributed by atoms with van der Waals surface area (Å²) in [6.07, 6.45) is 4.94. The van der Waals surface area contributed by atoms with Crippen LogP contribution in [0.25, 0.3) is 28.1 Å². The summed E-state index contributed by atoms with van der Waals surface area (Å²) in [5.74, 6) is -4.14. The van der Waals surface area contributed by atoms with Crippen LogP contribution in [0.15, 0.2) is 71.8 Å². The highest BCUT2D eigenvalue weighted by atomic mass is 31.2. The predicted molar refractivity (Wildman–Crippen MR) is 225 cm³/mol. The quantitative estimate of drug-likeness (QED) is 0.148. The number of rotatable bonds is 9. The van der Waals surface area contributed by atoms with Gasteiger partial charge in [-0.1, -0.05) is 19.9 Å². The Balaban J connectivity index is 1.22. The largest absolute Gasteiger partial charge is 0.387 e. The molecule has 2 aliphatic rings. The number of alkyl halides is 2. The van der Waals surface area contributed by atoms with E-state index in [-0.39, 0.29) is 24.8 Å². The van der Waals surface area contributed by atoms with Gasteiger partial charge >= 0.3 is 5.69 Å². The topological polar surface area (TPSA) is 108 Å². The van der Waals surface area contributed by atoms with E-state index in [0.717, 1.165) is 10.8 Å². The lowest BCUT2D eigenvalue weighted by atomic mass is 9.88. The number of hydrogen-bond acceptors (Lipinski definition) is 6. The molecule has 8 rings (SSSR count). The van der Waals surface area contributed by atoms with E-state index in [1.807, 2.05) is 32.9 Å². The fraction of sp³-hybridized carbons (Fsp3) is 0.386. The molecular formula is C44H49F3N7O4P. The Morgan fingerprint density at radius 3 is 2.39 bits per heavy atom. The first kappa shape index (κ1) is 40.4. The number of nitrogens with zero attached hydrogens (tertiary/aromatic N) is 6. The molecule has 2 atom stereocenters. The Morgan fingerprint density at radius 1 is 1.00 bits per heavy atom. The molecule has 6 aromatic rings. The molecule has 5 heterocycles. The van der Waals surface area contributed by atoms with Gasteiger partial charge in [0.15, 0.2) is 0 Å². The maximum Gasteiger partial charge on any atom is 0.338 e. The lowest BCUT2D eigenvalue weighted by molar-refractivity contribution is -0.130. The third-order valence-electron chi connectivity index (χ3n) is 12.4. The number of halogens is 3. The number of nitrogens with one attached hydrogen (secondary N) is 1. The molecule has 1 amide bonds. The van der Waals surface area contributed by atoms with E-state index < -0.39 is 37.3 Å². The molecule has 0 saturated carbocycles. The number of carbonyl (C=O) groups excluding carboxylic acids is 1. The van der Waals surface area contributed by atoms with Crippen LogP contribution in [0.3, 0.4) is 0 Å². The van der Waals surface area contributed by atoms with Crippen LogP contribution in [-0.2, 0) is 22.8 Å². The van der Waals surface area contributed by atoms with Crippen LogP contribution < -0.4 is 16.3 Å². The first-order valence-electron chi connectivity index (χ1n) is 20.1. The average molecular weight is 828 g/mol. The molecule has 15 heteroatoms. The van der Waals surface area contributed by atoms with Gasteiger partial charge in [-0.2, -0.15) is 5.10 Å². The van der Waals surface area contributed by atoms with Crippen molar-refractivity contribution in [2.24, 2.45) is 7.05 Å². The Labute approximate surface area is 340 Å². The van der Waals surface area contributed by atoms with Crippen molar-refractivity contribution >= 4 is 34.9 Å². The summed E-state index contributed by atoms with van der Waals surface area (Å²) in [6.45, 7) is 9.08. The second kappa shape index (κ2) is 15.0. The number of hydrogen-bond donors (Lipinski definition) is 1. The molecule has 11 nitrogen and oxygen atoms in total. The molecule has 0 radical (unpaired) electrons. The molecule has 3 aromatic heterocycles. The fourth-order valence-corrected chi connectivity index (χ4v) is 11.1. The number of imidazole rings is 1. The summed E-state index contributed by atoms with van der Waals surface area (Å²) in [4.78, 5) is 31.0. The zero-order chi connectivity index (χ0) is 42.1. The number of ether oxygens (including phenoxy) is 1. The molecule has 2 aliphatic heterocycles. The fourth-order valence-electron chi connectivity index (χ4n) is 8.99. The van der Waals surface area contributed by atoms with Crippen LogP contribution in [0.2, 0.25) is 0 Å². The number of amides is 1. The minimum atomic E-state index is -2.99. The second-order valence-corrected chi connectivity index (χ2v) is 19.3. The first-order chi connectivity index (χ1) is 28.1. The molecule has 1 fully saturated rings. The molecule has 1 saturated heterocycles. The van der Waals surface area contributed by atoms with Crippen LogP contribution in [0.5, 0.6) is 0 Å². The third kappa shape index (κ3) is 6.64. The standard InChI is InChI=1S/C44H49F3N7O4P/c1-8-59(57,9-2)38-13-11-31(24-35(38)48-6)52-17-18-53(43(52)56)41-39-28(5)51(16-14-34(39)49-54(41)32-20-26(3)40(45)27(4)21-32)42(55)37-23-30-22-29(10-12-36(30)50(37)7)33-15-19-58-25-44(33,46)47/h10-13,17-18,20-24,28,33,48H,8-9,14-16,19,25H2,1-7H3/t28-,33?/m0/s1. The van der Waals surface area contributed by atoms with Crippen molar-refractivity contribution in [3.8, 4) is 17.2 Å². The van der Waals surface area contributed by atoms with E-state index in [2.05, 4.69) is 5.32 Å². The molecule has 0 bridgehead atoms. The number of fused-ring (bicyclic) bond motifs is 2. The number of benzene rings is 3. The molecule has 0 spiro atoms. The molecule has 1 unspecified atom stereocenters. The summed E-state index contributed by atoms with van der Waals surface area (Å²) >= 11 is 0. The van der Waals surface area contributed by atoms with Gasteiger partial charge in [0.2, 0.25) is 0 Å². The van der Waals surface area contributed by atoms with Crippen LogP contribution in [-0.4, -0.2) is 79.3 Å². The first-order valence-corrected chi connectivity index (χ1v) is 22.2. The monoisotopic (exact) mass is 827 g/mol. The molecule has 59 heavy (non-hydrogen) atoms. The van der Waals surface area contributed by atoms with Crippen LogP contribution in [0.4, 0.5) is 18.9 Å². The molecule has 0 aliphatic carbocycles. The second-order valence-electron chi connectivity index (χ2n) is 15.8. The Bertz CT molecular complexity index is 2720. The van der Waals surface area contributed by atoms with Crippen LogP contribution in [0, 0.1) is 19.7 Å². The van der Waals surface area contributed by atoms with Gasteiger partial charge < -0.3 is 24.1 Å². The maximum atomic E-state index is 15.0. The summed E-state index contributed by atoms with van der Waals surface area (Å²) in [5.41, 5.74) is 5.27. The summed E-state index contributed by atoms with van der Waals surface area (Å²) in [6, 6.07) is 15.3. The van der Waals surface area contributed by atoms with E-state index in [4.69, 9.17) is 9.84 Å². The smallest absolute Gasteiger partial charge is 0.338 e. The minimum absolute atomic E-state index is 0.203. The molecule has 3 aromatic carbocycles. The molecule has 1 N–H and O–H groups in total. The van der Waals surface area contributed by atoms with Crippen molar-refractivity contribution in [1.29, 1.82) is 0 Å². The van der Waals surface area contributed by atoms with Gasteiger partial charge in [0.1, 0.15) is 31.1 Å². The molecule has 310 valence electrons. The van der Waals surface area contributed by atoms with Gasteiger partial charge in [-0.05, 0) is 92.4 Å². The maximum absolute atomic E-state index is 15.0. The normalized spacial score (nSPS) is 18.0. The van der Waals surface area contributed by atoms with E-state index in [0.29, 0.717) is 87.2 Å². The van der Waals surface area contributed by atoms with Crippen LogP contribution >= 0.6 is 7.14 Å². The minimum Gasteiger partial charge on any atom is -0.387 e. The van der Waals surface area contributed by atoms with Crippen molar-refractivity contribution in [3.63, 3.8) is 0 Å². The zero-order valence-electron chi connectivity index (χ0n) is 34.4. The van der Waals surface area contributed by atoms with Crippen LogP contribution in [0.1, 0.15) is 77.6 Å². The summed E-state index contributed by atoms with van der Waals surface area (Å²) in [5, 5.41) is 9.62. The number of anilines is 1. The number of carbonyl (C=O) groups is 1. The van der Waals surface area contributed by atoms with E-state index in [1.165, 1.54) is 9.13 Å². The number of aryl methyl sites for hydroxylation is 3. The number of aromatic nitrogens is 5. The lowest BCUT2D eigenvalue weighted by Crippen LogP contribution is -2.40. The van der Waals surface area contributed by atoms with Crippen molar-refractivity contribution in [2.75, 3.05) is 44.4 Å². The summed E-state index contributed by atoms with van der Waals surface area (Å²) < 4.78 is 70.0. The molecular weight excluding hydrogens is 778 g/mol. The van der Waals surface area contributed by atoms with Gasteiger partial charge in [0.25, 0.3) is 11.8 Å². The SMILES string of the molecule is CCP(=O)(CC)c1ccc(-n2ccn(-c3c4c(nn3-c3cc(C)c(F)c(C)c3)CCN(C(=O)c3cc5cc(C6CCOCC6(F)F)ccc5n3C)[C@H]4C)c2=O)cc1NC. The van der Waals surface area contributed by atoms with Gasteiger partial charge in [-0.15, -0.1) is 0 Å². The van der Waals surface area contributed by atoms with E-state index >= 15 is 0 Å². The van der Waals surface area contributed by atoms with Gasteiger partial charge in [-0.3, -0.25) is 13.9 Å². The van der Waals surface area contributed by atoms with E-state index in [1.54, 1.807) is 96.9 Å². The van der Waals surface area contributed by atoms with Crippen molar-refractivity contribution in [2.45, 2.75) is 65.3 Å². The highest BCUT2D eigenvalue weighted by molar-refractivity contribution is 7.71.